The lowest BCUT2D eigenvalue weighted by Gasteiger charge is -1.98. The van der Waals surface area contributed by atoms with Crippen molar-refractivity contribution < 1.29 is 14.3 Å². The molecule has 1 fully saturated rings. The van der Waals surface area contributed by atoms with Crippen molar-refractivity contribution in [3.8, 4) is 0 Å². The van der Waals surface area contributed by atoms with E-state index in [9.17, 15) is 4.79 Å². The summed E-state index contributed by atoms with van der Waals surface area (Å²) in [5.74, 6) is 0.0449. The lowest BCUT2D eigenvalue weighted by molar-refractivity contribution is 0.0664. The molecular weight excluding hydrogens is 208 g/mol. The maximum atomic E-state index is 10.8. The second-order valence-corrected chi connectivity index (χ2v) is 4.08. The summed E-state index contributed by atoms with van der Waals surface area (Å²) >= 11 is 0. The van der Waals surface area contributed by atoms with Crippen LogP contribution in [0.1, 0.15) is 40.8 Å². The van der Waals surface area contributed by atoms with E-state index in [1.807, 2.05) is 6.92 Å². The van der Waals surface area contributed by atoms with Gasteiger partial charge in [0, 0.05) is 12.0 Å². The first-order chi connectivity index (χ1) is 7.65. The first kappa shape index (κ1) is 9.33. The quantitative estimate of drug-likeness (QED) is 0.835. The minimum absolute atomic E-state index is 0.0830. The smallest absolute Gasteiger partial charge is 0.371 e. The number of carbonyl (C=O) groups is 1. The van der Waals surface area contributed by atoms with E-state index < -0.39 is 5.97 Å². The second-order valence-electron chi connectivity index (χ2n) is 4.08. The fourth-order valence-electron chi connectivity index (χ4n) is 1.71. The second kappa shape index (κ2) is 3.04. The van der Waals surface area contributed by atoms with Gasteiger partial charge in [0.1, 0.15) is 5.82 Å². The van der Waals surface area contributed by atoms with Crippen LogP contribution in [0.25, 0.3) is 11.1 Å². The number of carboxylic acid groups (broad SMARTS) is 1. The van der Waals surface area contributed by atoms with Crippen molar-refractivity contribution in [3.05, 3.63) is 23.3 Å². The van der Waals surface area contributed by atoms with Crippen LogP contribution in [-0.4, -0.2) is 21.0 Å². The Kier molecular flexibility index (Phi) is 1.77. The molecule has 1 aliphatic rings. The van der Waals surface area contributed by atoms with E-state index in [-0.39, 0.29) is 5.76 Å². The molecule has 0 saturated heterocycles. The molecule has 16 heavy (non-hydrogen) atoms. The predicted octanol–water partition coefficient (Wildman–Crippen LogP) is 2.11. The van der Waals surface area contributed by atoms with Crippen LogP contribution in [-0.2, 0) is 0 Å². The fraction of sp³-hybridized carbons (Fsp3) is 0.364. The number of nitrogens with zero attached hydrogens (tertiary/aromatic N) is 2. The largest absolute Gasteiger partial charge is 0.475 e. The van der Waals surface area contributed by atoms with Crippen LogP contribution in [0.3, 0.4) is 0 Å². The zero-order chi connectivity index (χ0) is 11.3. The summed E-state index contributed by atoms with van der Waals surface area (Å²) in [6.45, 7) is 1.84. The van der Waals surface area contributed by atoms with Gasteiger partial charge in [-0.25, -0.2) is 9.78 Å². The molecule has 5 heteroatoms. The van der Waals surface area contributed by atoms with Crippen LogP contribution in [0, 0.1) is 6.92 Å². The standard InChI is InChI=1S/C11H10N2O3/c1-5-7-4-8(11(14)15)16-10(7)13-9(12-5)6-2-3-6/h4,6H,2-3H2,1H3,(H,14,15). The van der Waals surface area contributed by atoms with E-state index >= 15 is 0 Å². The molecule has 0 radical (unpaired) electrons. The Morgan fingerprint density at radius 3 is 2.88 bits per heavy atom. The van der Waals surface area contributed by atoms with E-state index in [0.717, 1.165) is 24.4 Å². The molecule has 0 aromatic carbocycles. The molecule has 0 unspecified atom stereocenters. The Balaban J connectivity index is 2.21. The zero-order valence-electron chi connectivity index (χ0n) is 8.73. The molecule has 0 bridgehead atoms. The molecule has 1 aliphatic carbocycles. The van der Waals surface area contributed by atoms with Crippen LogP contribution in [0.5, 0.6) is 0 Å². The molecular formula is C11H10N2O3. The summed E-state index contributed by atoms with van der Waals surface area (Å²) < 4.78 is 5.18. The topological polar surface area (TPSA) is 76.2 Å². The Labute approximate surface area is 91.1 Å². The van der Waals surface area contributed by atoms with Crippen molar-refractivity contribution in [3.63, 3.8) is 0 Å². The van der Waals surface area contributed by atoms with Gasteiger partial charge in [-0.2, -0.15) is 4.98 Å². The zero-order valence-corrected chi connectivity index (χ0v) is 8.73. The number of hydrogen-bond donors (Lipinski definition) is 1. The van der Waals surface area contributed by atoms with Gasteiger partial charge in [-0.15, -0.1) is 0 Å². The summed E-state index contributed by atoms with van der Waals surface area (Å²) in [4.78, 5) is 19.4. The Hall–Kier alpha value is -1.91. The van der Waals surface area contributed by atoms with Gasteiger partial charge in [0.25, 0.3) is 0 Å². The van der Waals surface area contributed by atoms with Crippen LogP contribution < -0.4 is 0 Å². The minimum atomic E-state index is -1.08. The number of aryl methyl sites for hydroxylation is 1. The summed E-state index contributed by atoms with van der Waals surface area (Å²) in [5, 5.41) is 9.51. The van der Waals surface area contributed by atoms with Gasteiger partial charge < -0.3 is 9.52 Å². The first-order valence-corrected chi connectivity index (χ1v) is 5.16. The molecule has 2 aromatic heterocycles. The van der Waals surface area contributed by atoms with Crippen LogP contribution in [0.4, 0.5) is 0 Å². The van der Waals surface area contributed by atoms with Crippen LogP contribution in [0.2, 0.25) is 0 Å². The highest BCUT2D eigenvalue weighted by Crippen LogP contribution is 2.38. The highest BCUT2D eigenvalue weighted by molar-refractivity contribution is 5.91. The first-order valence-electron chi connectivity index (χ1n) is 5.16. The maximum absolute atomic E-state index is 10.8. The molecule has 82 valence electrons. The summed E-state index contributed by atoms with van der Waals surface area (Å²) in [6.07, 6.45) is 2.22. The summed E-state index contributed by atoms with van der Waals surface area (Å²) in [5.41, 5.74) is 1.16. The van der Waals surface area contributed by atoms with E-state index in [1.165, 1.54) is 6.07 Å². The number of rotatable bonds is 2. The SMILES string of the molecule is Cc1nc(C2CC2)nc2oc(C(=O)O)cc12. The van der Waals surface area contributed by atoms with Gasteiger partial charge in [0.2, 0.25) is 11.5 Å². The highest BCUT2D eigenvalue weighted by atomic mass is 16.4. The average molecular weight is 218 g/mol. The molecule has 0 spiro atoms. The molecule has 0 atom stereocenters. The molecule has 0 amide bonds. The van der Waals surface area contributed by atoms with Crippen molar-refractivity contribution >= 4 is 17.1 Å². The molecule has 0 aliphatic heterocycles. The van der Waals surface area contributed by atoms with Gasteiger partial charge in [-0.1, -0.05) is 0 Å². The van der Waals surface area contributed by atoms with Gasteiger partial charge in [-0.05, 0) is 19.8 Å². The predicted molar refractivity (Wildman–Crippen MR) is 55.5 cm³/mol. The number of aromatic carboxylic acids is 1. The fourth-order valence-corrected chi connectivity index (χ4v) is 1.71. The Morgan fingerprint density at radius 1 is 1.50 bits per heavy atom. The van der Waals surface area contributed by atoms with Gasteiger partial charge in [0.15, 0.2) is 0 Å². The lowest BCUT2D eigenvalue weighted by atomic mass is 10.2. The number of carboxylic acids is 1. The normalized spacial score (nSPS) is 15.6. The average Bonchev–Trinajstić information content (AvgIpc) is 2.97. The van der Waals surface area contributed by atoms with Gasteiger partial charge in [-0.3, -0.25) is 0 Å². The third kappa shape index (κ3) is 1.36. The molecule has 5 nitrogen and oxygen atoms in total. The van der Waals surface area contributed by atoms with Crippen LogP contribution >= 0.6 is 0 Å². The maximum Gasteiger partial charge on any atom is 0.371 e. The lowest BCUT2D eigenvalue weighted by Crippen LogP contribution is -1.94. The third-order valence-corrected chi connectivity index (χ3v) is 2.75. The van der Waals surface area contributed by atoms with Gasteiger partial charge in [0.05, 0.1) is 11.1 Å². The van der Waals surface area contributed by atoms with Gasteiger partial charge >= 0.3 is 5.97 Å². The number of aromatic nitrogens is 2. The minimum Gasteiger partial charge on any atom is -0.475 e. The van der Waals surface area contributed by atoms with Crippen molar-refractivity contribution in [2.75, 3.05) is 0 Å². The Bertz CT molecular complexity index is 584. The van der Waals surface area contributed by atoms with E-state index in [2.05, 4.69) is 9.97 Å². The number of hydrogen-bond acceptors (Lipinski definition) is 4. The summed E-state index contributed by atoms with van der Waals surface area (Å²) in [6, 6.07) is 1.48. The highest BCUT2D eigenvalue weighted by Gasteiger charge is 2.28. The molecule has 3 rings (SSSR count). The Morgan fingerprint density at radius 2 is 2.25 bits per heavy atom. The third-order valence-electron chi connectivity index (χ3n) is 2.75. The van der Waals surface area contributed by atoms with E-state index in [0.29, 0.717) is 17.0 Å². The monoisotopic (exact) mass is 218 g/mol. The number of fused-ring (bicyclic) bond motifs is 1. The van der Waals surface area contributed by atoms with E-state index in [1.54, 1.807) is 0 Å². The molecule has 2 aromatic rings. The summed E-state index contributed by atoms with van der Waals surface area (Å²) in [7, 11) is 0. The number of furan rings is 1. The van der Waals surface area contributed by atoms with Crippen LogP contribution in [0.15, 0.2) is 10.5 Å². The van der Waals surface area contributed by atoms with Crippen molar-refractivity contribution in [2.24, 2.45) is 0 Å². The van der Waals surface area contributed by atoms with Crippen molar-refractivity contribution in [1.82, 2.24) is 9.97 Å². The van der Waals surface area contributed by atoms with Crippen molar-refractivity contribution in [1.29, 1.82) is 0 Å². The molecule has 2 heterocycles. The van der Waals surface area contributed by atoms with Crippen molar-refractivity contribution in [2.45, 2.75) is 25.7 Å². The molecule has 1 saturated carbocycles. The molecule has 1 N–H and O–H groups in total. The van der Waals surface area contributed by atoms with E-state index in [4.69, 9.17) is 9.52 Å².